The normalized spacial score (nSPS) is 25.2. The molecule has 2 fully saturated rings. The first kappa shape index (κ1) is 15.0. The molecule has 2 saturated heterocycles. The number of likely N-dealkylation sites (tertiary alicyclic amines) is 1. The van der Waals surface area contributed by atoms with E-state index in [0.29, 0.717) is 13.0 Å². The lowest BCUT2D eigenvalue weighted by molar-refractivity contribution is -0.124. The van der Waals surface area contributed by atoms with Gasteiger partial charge in [0.1, 0.15) is 0 Å². The highest BCUT2D eigenvalue weighted by Crippen LogP contribution is 2.21. The Hall–Kier alpha value is -1.95. The topological polar surface area (TPSA) is 74.3 Å². The third kappa shape index (κ3) is 3.82. The predicted molar refractivity (Wildman–Crippen MR) is 83.2 cm³/mol. The molecule has 0 spiro atoms. The lowest BCUT2D eigenvalue weighted by Gasteiger charge is -2.27. The lowest BCUT2D eigenvalue weighted by Crippen LogP contribution is -2.39. The van der Waals surface area contributed by atoms with Gasteiger partial charge in [0.15, 0.2) is 0 Å². The van der Waals surface area contributed by atoms with E-state index in [1.54, 1.807) is 18.5 Å². The summed E-state index contributed by atoms with van der Waals surface area (Å²) in [7, 11) is 0. The molecule has 0 unspecified atom stereocenters. The number of aromatic nitrogens is 1. The van der Waals surface area contributed by atoms with E-state index in [4.69, 9.17) is 0 Å². The molecule has 6 nitrogen and oxygen atoms in total. The molecule has 2 N–H and O–H groups in total. The largest absolute Gasteiger partial charge is 0.352 e. The minimum Gasteiger partial charge on any atom is -0.352 e. The van der Waals surface area contributed by atoms with Crippen molar-refractivity contribution < 1.29 is 9.59 Å². The van der Waals surface area contributed by atoms with Gasteiger partial charge in [-0.3, -0.25) is 19.5 Å². The van der Waals surface area contributed by atoms with E-state index in [-0.39, 0.29) is 23.8 Å². The zero-order valence-electron chi connectivity index (χ0n) is 12.6. The summed E-state index contributed by atoms with van der Waals surface area (Å²) < 4.78 is 0. The van der Waals surface area contributed by atoms with E-state index in [1.807, 2.05) is 6.07 Å². The second kappa shape index (κ2) is 6.87. The van der Waals surface area contributed by atoms with E-state index >= 15 is 0 Å². The maximum absolute atomic E-state index is 12.0. The van der Waals surface area contributed by atoms with Crippen molar-refractivity contribution >= 4 is 17.5 Å². The van der Waals surface area contributed by atoms with Gasteiger partial charge in [-0.2, -0.15) is 0 Å². The van der Waals surface area contributed by atoms with Crippen LogP contribution in [0.4, 0.5) is 5.69 Å². The van der Waals surface area contributed by atoms with E-state index < -0.39 is 0 Å². The Labute approximate surface area is 130 Å². The predicted octanol–water partition coefficient (Wildman–Crippen LogP) is 1.01. The minimum atomic E-state index is -0.0123. The monoisotopic (exact) mass is 302 g/mol. The van der Waals surface area contributed by atoms with Crippen molar-refractivity contribution in [2.75, 3.05) is 25.0 Å². The van der Waals surface area contributed by atoms with E-state index in [2.05, 4.69) is 20.5 Å². The number of rotatable bonds is 4. The van der Waals surface area contributed by atoms with Crippen molar-refractivity contribution in [2.45, 2.75) is 31.7 Å². The van der Waals surface area contributed by atoms with Crippen LogP contribution in [0, 0.1) is 5.92 Å². The molecule has 2 aliphatic heterocycles. The summed E-state index contributed by atoms with van der Waals surface area (Å²) in [5, 5.41) is 5.95. The molecule has 2 amide bonds. The summed E-state index contributed by atoms with van der Waals surface area (Å²) in [6, 6.07) is 3.86. The number of amides is 2. The minimum absolute atomic E-state index is 0.0123. The molecule has 0 aromatic carbocycles. The Morgan fingerprint density at radius 2 is 2.32 bits per heavy atom. The van der Waals surface area contributed by atoms with Gasteiger partial charge in [-0.15, -0.1) is 0 Å². The van der Waals surface area contributed by atoms with Gasteiger partial charge >= 0.3 is 0 Å². The molecular weight excluding hydrogens is 280 g/mol. The summed E-state index contributed by atoms with van der Waals surface area (Å²) in [6.07, 6.45) is 6.86. The average molecular weight is 302 g/mol. The van der Waals surface area contributed by atoms with Gasteiger partial charge in [-0.1, -0.05) is 6.42 Å². The molecule has 6 heteroatoms. The summed E-state index contributed by atoms with van der Waals surface area (Å²) in [6.45, 7) is 2.30. The highest BCUT2D eigenvalue weighted by Gasteiger charge is 2.32. The van der Waals surface area contributed by atoms with Crippen molar-refractivity contribution in [1.82, 2.24) is 15.2 Å². The summed E-state index contributed by atoms with van der Waals surface area (Å²) in [5.41, 5.74) is 0.720. The average Bonchev–Trinajstić information content (AvgIpc) is 2.75. The molecule has 2 atom stereocenters. The van der Waals surface area contributed by atoms with Crippen LogP contribution < -0.4 is 10.6 Å². The maximum atomic E-state index is 12.0. The van der Waals surface area contributed by atoms with Crippen molar-refractivity contribution in [3.8, 4) is 0 Å². The van der Waals surface area contributed by atoms with Crippen LogP contribution in [0.5, 0.6) is 0 Å². The zero-order chi connectivity index (χ0) is 15.4. The smallest absolute Gasteiger partial charge is 0.225 e. The lowest BCUT2D eigenvalue weighted by atomic mass is 9.99. The summed E-state index contributed by atoms with van der Waals surface area (Å²) >= 11 is 0. The number of nitrogens with zero attached hydrogens (tertiary/aromatic N) is 2. The van der Waals surface area contributed by atoms with E-state index in [0.717, 1.165) is 38.0 Å². The van der Waals surface area contributed by atoms with Crippen LogP contribution in [0.15, 0.2) is 24.5 Å². The van der Waals surface area contributed by atoms with Gasteiger partial charge < -0.3 is 10.6 Å². The fourth-order valence-corrected chi connectivity index (χ4v) is 3.24. The van der Waals surface area contributed by atoms with Gasteiger partial charge in [-0.05, 0) is 25.0 Å². The van der Waals surface area contributed by atoms with Crippen LogP contribution in [-0.2, 0) is 9.59 Å². The molecule has 3 heterocycles. The van der Waals surface area contributed by atoms with E-state index in [1.165, 1.54) is 0 Å². The number of hydrogen-bond acceptors (Lipinski definition) is 4. The Balaban J connectivity index is 1.51. The molecule has 22 heavy (non-hydrogen) atoms. The summed E-state index contributed by atoms with van der Waals surface area (Å²) in [5.74, 6) is 0.250. The Morgan fingerprint density at radius 3 is 3.14 bits per heavy atom. The zero-order valence-corrected chi connectivity index (χ0v) is 12.6. The third-order valence-electron chi connectivity index (χ3n) is 4.38. The van der Waals surface area contributed by atoms with Crippen LogP contribution in [0.25, 0.3) is 0 Å². The number of anilines is 1. The quantitative estimate of drug-likeness (QED) is 0.870. The Morgan fingerprint density at radius 1 is 1.41 bits per heavy atom. The van der Waals surface area contributed by atoms with Crippen LogP contribution in [0.3, 0.4) is 0 Å². The molecule has 1 aromatic heterocycles. The first-order chi connectivity index (χ1) is 10.7. The van der Waals surface area contributed by atoms with Gasteiger partial charge in [-0.25, -0.2) is 0 Å². The van der Waals surface area contributed by atoms with Gasteiger partial charge in [0.05, 0.1) is 17.8 Å². The van der Waals surface area contributed by atoms with Crippen LogP contribution in [0.1, 0.15) is 25.7 Å². The number of hydrogen-bond donors (Lipinski definition) is 2. The molecule has 3 rings (SSSR count). The van der Waals surface area contributed by atoms with E-state index in [9.17, 15) is 9.59 Å². The molecule has 0 radical (unpaired) electrons. The van der Waals surface area contributed by atoms with Gasteiger partial charge in [0, 0.05) is 38.3 Å². The second-order valence-corrected chi connectivity index (χ2v) is 6.13. The molecule has 1 aromatic rings. The van der Waals surface area contributed by atoms with Crippen LogP contribution in [0.2, 0.25) is 0 Å². The fourth-order valence-electron chi connectivity index (χ4n) is 3.24. The second-order valence-electron chi connectivity index (χ2n) is 6.13. The van der Waals surface area contributed by atoms with Crippen molar-refractivity contribution in [2.24, 2.45) is 5.92 Å². The first-order valence-corrected chi connectivity index (χ1v) is 7.93. The van der Waals surface area contributed by atoms with Crippen molar-refractivity contribution in [1.29, 1.82) is 0 Å². The Kier molecular flexibility index (Phi) is 4.68. The number of pyridine rings is 1. The summed E-state index contributed by atoms with van der Waals surface area (Å²) in [4.78, 5) is 30.2. The maximum Gasteiger partial charge on any atom is 0.225 e. The molecule has 118 valence electrons. The van der Waals surface area contributed by atoms with Crippen LogP contribution in [-0.4, -0.2) is 47.4 Å². The fraction of sp³-hybridized carbons (Fsp3) is 0.562. The Bertz CT molecular complexity index is 534. The molecule has 2 bridgehead atoms. The number of carbonyl (C=O) groups excluding carboxylic acids is 2. The third-order valence-corrected chi connectivity index (χ3v) is 4.38. The van der Waals surface area contributed by atoms with Crippen LogP contribution >= 0.6 is 0 Å². The number of fused-ring (bicyclic) bond motifs is 3. The van der Waals surface area contributed by atoms with Gasteiger partial charge in [0.25, 0.3) is 0 Å². The standard InChI is InChI=1S/C16H22N4O2/c21-15(18-13-5-2-7-17-9-13)6-8-20-10-12-3-1-4-14(11-20)19-16(12)22/h2,5,7,9,12,14H,1,3-4,6,8,10-11H2,(H,18,21)(H,19,22)/t12-,14+/m1/s1. The number of nitrogens with one attached hydrogen (secondary N) is 2. The SMILES string of the molecule is O=C(CCN1C[C@@H]2CCC[C@H](C1)C(=O)N2)Nc1cccnc1. The molecule has 0 aliphatic carbocycles. The highest BCUT2D eigenvalue weighted by molar-refractivity contribution is 5.90. The van der Waals surface area contributed by atoms with Crippen molar-refractivity contribution in [3.05, 3.63) is 24.5 Å². The van der Waals surface area contributed by atoms with Crippen molar-refractivity contribution in [3.63, 3.8) is 0 Å². The molecule has 0 saturated carbocycles. The number of carbonyl (C=O) groups is 2. The highest BCUT2D eigenvalue weighted by atomic mass is 16.2. The molecular formula is C16H22N4O2. The molecule has 2 aliphatic rings. The van der Waals surface area contributed by atoms with Gasteiger partial charge in [0.2, 0.25) is 11.8 Å². The first-order valence-electron chi connectivity index (χ1n) is 7.93.